The first-order chi connectivity index (χ1) is 17.6. The highest BCUT2D eigenvalue weighted by Crippen LogP contribution is 2.50. The molecule has 1 aliphatic heterocycles. The molecule has 14 heteroatoms. The Bertz CT molecular complexity index is 1330. The SMILES string of the molecule is O=S(=O)(c1cccs1)N1CCN(c2ccc(C(O)(C(F)(F)F)C(F)(F)F)cc2)C(Cc2ccc(O)cc2)C1. The summed E-state index contributed by atoms with van der Waals surface area (Å²) in [5, 5.41) is 20.9. The van der Waals surface area contributed by atoms with E-state index in [-0.39, 0.29) is 41.7 Å². The number of hydrogen-bond donors (Lipinski definition) is 2. The van der Waals surface area contributed by atoms with Crippen LogP contribution >= 0.6 is 11.3 Å². The summed E-state index contributed by atoms with van der Waals surface area (Å²) in [4.78, 5) is 1.71. The van der Waals surface area contributed by atoms with Crippen LogP contribution in [-0.2, 0) is 22.0 Å². The van der Waals surface area contributed by atoms with Gasteiger partial charge in [-0.05, 0) is 47.7 Å². The van der Waals surface area contributed by atoms with E-state index in [2.05, 4.69) is 0 Å². The second-order valence-corrected chi connectivity index (χ2v) is 11.9. The number of anilines is 1. The molecule has 1 aromatic heterocycles. The highest BCUT2D eigenvalue weighted by Gasteiger charge is 2.71. The number of thiophene rings is 1. The summed E-state index contributed by atoms with van der Waals surface area (Å²) in [6.45, 7) is 0.135. The molecule has 1 aliphatic rings. The zero-order valence-corrected chi connectivity index (χ0v) is 21.1. The summed E-state index contributed by atoms with van der Waals surface area (Å²) in [5.74, 6) is 0.0218. The quantitative estimate of drug-likeness (QED) is 0.406. The number of rotatable bonds is 6. The van der Waals surface area contributed by atoms with E-state index >= 15 is 0 Å². The lowest BCUT2D eigenvalue weighted by Crippen LogP contribution is -2.55. The van der Waals surface area contributed by atoms with Gasteiger partial charge in [-0.3, -0.25) is 0 Å². The number of nitrogens with zero attached hydrogens (tertiary/aromatic N) is 2. The zero-order chi connectivity index (χ0) is 27.9. The van der Waals surface area contributed by atoms with Crippen molar-refractivity contribution in [1.29, 1.82) is 0 Å². The normalized spacial score (nSPS) is 18.1. The Morgan fingerprint density at radius 1 is 0.895 bits per heavy atom. The third kappa shape index (κ3) is 5.22. The number of alkyl halides is 6. The summed E-state index contributed by atoms with van der Waals surface area (Å²) in [6.07, 6.45) is -11.7. The molecule has 0 spiro atoms. The number of hydrogen-bond acceptors (Lipinski definition) is 6. The molecule has 2 heterocycles. The van der Waals surface area contributed by atoms with Crippen molar-refractivity contribution in [3.05, 3.63) is 77.2 Å². The number of halogens is 6. The third-order valence-corrected chi connectivity index (χ3v) is 9.62. The molecule has 0 aliphatic carbocycles. The molecule has 0 saturated carbocycles. The van der Waals surface area contributed by atoms with Gasteiger partial charge in [0.25, 0.3) is 15.6 Å². The van der Waals surface area contributed by atoms with E-state index in [1.165, 1.54) is 22.5 Å². The van der Waals surface area contributed by atoms with Crippen LogP contribution in [0, 0.1) is 0 Å². The van der Waals surface area contributed by atoms with Gasteiger partial charge in [0.05, 0.1) is 0 Å². The summed E-state index contributed by atoms with van der Waals surface area (Å²) in [5.41, 5.74) is -5.43. The van der Waals surface area contributed by atoms with Crippen molar-refractivity contribution in [2.75, 3.05) is 24.5 Å². The van der Waals surface area contributed by atoms with Crippen LogP contribution in [0.4, 0.5) is 32.0 Å². The summed E-state index contributed by atoms with van der Waals surface area (Å²) in [6, 6.07) is 11.9. The summed E-state index contributed by atoms with van der Waals surface area (Å²) in [7, 11) is -3.81. The van der Waals surface area contributed by atoms with Gasteiger partial charge >= 0.3 is 12.4 Å². The highest BCUT2D eigenvalue weighted by molar-refractivity contribution is 7.91. The molecular weight excluding hydrogens is 558 g/mol. The lowest BCUT2D eigenvalue weighted by atomic mass is 9.92. The number of phenols is 1. The number of aliphatic hydroxyl groups is 1. The Morgan fingerprint density at radius 2 is 1.50 bits per heavy atom. The van der Waals surface area contributed by atoms with Gasteiger partial charge in [-0.1, -0.05) is 30.3 Å². The van der Waals surface area contributed by atoms with Crippen molar-refractivity contribution in [3.63, 3.8) is 0 Å². The fraction of sp³-hybridized carbons (Fsp3) is 0.333. The lowest BCUT2D eigenvalue weighted by molar-refractivity contribution is -0.376. The number of piperazine rings is 1. The van der Waals surface area contributed by atoms with Crippen molar-refractivity contribution in [1.82, 2.24) is 4.31 Å². The van der Waals surface area contributed by atoms with Crippen molar-refractivity contribution < 1.29 is 45.0 Å². The molecule has 3 aromatic rings. The van der Waals surface area contributed by atoms with E-state index in [4.69, 9.17) is 0 Å². The van der Waals surface area contributed by atoms with E-state index in [1.807, 2.05) is 0 Å². The molecule has 2 N–H and O–H groups in total. The minimum absolute atomic E-state index is 0.00208. The summed E-state index contributed by atoms with van der Waals surface area (Å²) < 4.78 is 107. The monoisotopic (exact) mass is 580 g/mol. The van der Waals surface area contributed by atoms with Crippen molar-refractivity contribution in [2.45, 2.75) is 34.6 Å². The van der Waals surface area contributed by atoms with Gasteiger partial charge < -0.3 is 15.1 Å². The van der Waals surface area contributed by atoms with Crippen LogP contribution < -0.4 is 4.90 Å². The molecule has 0 bridgehead atoms. The Hall–Kier alpha value is -2.81. The first-order valence-electron chi connectivity index (χ1n) is 11.2. The summed E-state index contributed by atoms with van der Waals surface area (Å²) >= 11 is 1.06. The van der Waals surface area contributed by atoms with Crippen LogP contribution in [0.5, 0.6) is 5.75 Å². The molecule has 38 heavy (non-hydrogen) atoms. The van der Waals surface area contributed by atoms with Crippen LogP contribution in [-0.4, -0.2) is 61.0 Å². The Balaban J connectivity index is 1.67. The molecule has 0 amide bonds. The molecule has 2 aromatic carbocycles. The molecule has 206 valence electrons. The third-order valence-electron chi connectivity index (χ3n) is 6.38. The largest absolute Gasteiger partial charge is 0.508 e. The molecule has 1 unspecified atom stereocenters. The minimum atomic E-state index is -6.00. The number of sulfonamides is 1. The van der Waals surface area contributed by atoms with Gasteiger partial charge in [-0.15, -0.1) is 11.3 Å². The van der Waals surface area contributed by atoms with Crippen molar-refractivity contribution in [2.24, 2.45) is 0 Å². The fourth-order valence-corrected chi connectivity index (χ4v) is 7.00. The standard InChI is InChI=1S/C24H22F6N2O4S2/c25-23(26,27)22(34,24(28,29)30)17-5-7-18(8-6-17)32-12-11-31(38(35,36)21-2-1-13-37-21)15-19(32)14-16-3-9-20(33)10-4-16/h1-10,13,19,33-34H,11-12,14-15H2. The number of aromatic hydroxyl groups is 1. The molecule has 1 atom stereocenters. The van der Waals surface area contributed by atoms with E-state index in [0.29, 0.717) is 12.1 Å². The molecule has 6 nitrogen and oxygen atoms in total. The molecule has 4 rings (SSSR count). The Morgan fingerprint density at radius 3 is 2.03 bits per heavy atom. The maximum atomic E-state index is 13.3. The van der Waals surface area contributed by atoms with Crippen LogP contribution in [0.25, 0.3) is 0 Å². The maximum absolute atomic E-state index is 13.3. The zero-order valence-electron chi connectivity index (χ0n) is 19.4. The Labute approximate surface area is 218 Å². The molecule has 0 radical (unpaired) electrons. The highest BCUT2D eigenvalue weighted by atomic mass is 32.2. The predicted molar refractivity (Wildman–Crippen MR) is 128 cm³/mol. The van der Waals surface area contributed by atoms with Crippen molar-refractivity contribution in [3.8, 4) is 5.75 Å². The topological polar surface area (TPSA) is 81.1 Å². The lowest BCUT2D eigenvalue weighted by Gasteiger charge is -2.42. The molecule has 1 fully saturated rings. The average molecular weight is 581 g/mol. The number of phenolic OH excluding ortho intramolecular Hbond substituents is 1. The Kier molecular flexibility index (Phi) is 7.47. The van der Waals surface area contributed by atoms with E-state index in [0.717, 1.165) is 29.0 Å². The van der Waals surface area contributed by atoms with E-state index in [9.17, 15) is 45.0 Å². The van der Waals surface area contributed by atoms with Gasteiger partial charge in [-0.2, -0.15) is 30.6 Å². The van der Waals surface area contributed by atoms with Crippen LogP contribution in [0.3, 0.4) is 0 Å². The molecular formula is C24H22F6N2O4S2. The van der Waals surface area contributed by atoms with E-state index < -0.39 is 39.6 Å². The number of benzene rings is 2. The fourth-order valence-electron chi connectivity index (χ4n) is 4.38. The predicted octanol–water partition coefficient (Wildman–Crippen LogP) is 4.89. The van der Waals surface area contributed by atoms with Gasteiger partial charge in [0.2, 0.25) is 0 Å². The first-order valence-corrected chi connectivity index (χ1v) is 13.5. The second-order valence-electron chi connectivity index (χ2n) is 8.77. The van der Waals surface area contributed by atoms with Gasteiger partial charge in [0, 0.05) is 36.9 Å². The van der Waals surface area contributed by atoms with E-state index in [1.54, 1.807) is 28.5 Å². The maximum Gasteiger partial charge on any atom is 0.430 e. The smallest absolute Gasteiger partial charge is 0.430 e. The van der Waals surface area contributed by atoms with Crippen LogP contribution in [0.1, 0.15) is 11.1 Å². The van der Waals surface area contributed by atoms with Gasteiger partial charge in [0.15, 0.2) is 0 Å². The average Bonchev–Trinajstić information content (AvgIpc) is 3.40. The second kappa shape index (κ2) is 10.1. The first kappa shape index (κ1) is 28.2. The van der Waals surface area contributed by atoms with Gasteiger partial charge in [-0.25, -0.2) is 8.42 Å². The van der Waals surface area contributed by atoms with Crippen LogP contribution in [0.15, 0.2) is 70.3 Å². The minimum Gasteiger partial charge on any atom is -0.508 e. The van der Waals surface area contributed by atoms with Crippen LogP contribution in [0.2, 0.25) is 0 Å². The van der Waals surface area contributed by atoms with Gasteiger partial charge in [0.1, 0.15) is 9.96 Å². The molecule has 1 saturated heterocycles. The van der Waals surface area contributed by atoms with Crippen molar-refractivity contribution >= 4 is 27.0 Å².